The Balaban J connectivity index is 2.23. The van der Waals surface area contributed by atoms with Gasteiger partial charge in [0, 0.05) is 21.5 Å². The van der Waals surface area contributed by atoms with Crippen LogP contribution in [-0.4, -0.2) is 11.1 Å². The number of carboxylic acid groups (broad SMARTS) is 1. The van der Waals surface area contributed by atoms with Crippen molar-refractivity contribution in [2.45, 2.75) is 0 Å². The van der Waals surface area contributed by atoms with Crippen molar-refractivity contribution in [2.24, 2.45) is 0 Å². The van der Waals surface area contributed by atoms with Crippen LogP contribution in [-0.2, 0) is 0 Å². The maximum atomic E-state index is 11.0. The predicted molar refractivity (Wildman–Crippen MR) is 69.4 cm³/mol. The van der Waals surface area contributed by atoms with Gasteiger partial charge in [-0.15, -0.1) is 0 Å². The van der Waals surface area contributed by atoms with E-state index in [4.69, 9.17) is 9.52 Å². The van der Waals surface area contributed by atoms with Gasteiger partial charge in [0.05, 0.1) is 5.56 Å². The molecule has 1 N–H and O–H groups in total. The lowest BCUT2D eigenvalue weighted by atomic mass is 10.0. The van der Waals surface area contributed by atoms with Gasteiger partial charge in [0.15, 0.2) is 0 Å². The summed E-state index contributed by atoms with van der Waals surface area (Å²) >= 11 is 0. The molecule has 0 spiro atoms. The molecule has 18 heavy (non-hydrogen) atoms. The fraction of sp³-hybridized carbons (Fsp3) is 0. The molecule has 0 amide bonds. The molecule has 0 fully saturated rings. The molecule has 0 aliphatic carbocycles. The minimum absolute atomic E-state index is 0.287. The molecule has 4 rings (SSSR count). The number of hydrogen-bond acceptors (Lipinski definition) is 2. The number of aromatic carboxylic acids is 1. The Morgan fingerprint density at radius 1 is 0.889 bits per heavy atom. The quantitative estimate of drug-likeness (QED) is 0.510. The SMILES string of the molecule is O=C(O)c1ccc2c(c1)c1oc2c2ccccc21. The van der Waals surface area contributed by atoms with Gasteiger partial charge >= 0.3 is 5.97 Å². The fourth-order valence-electron chi connectivity index (χ4n) is 2.55. The van der Waals surface area contributed by atoms with Crippen LogP contribution in [0.15, 0.2) is 46.9 Å². The van der Waals surface area contributed by atoms with Crippen molar-refractivity contribution in [1.82, 2.24) is 0 Å². The van der Waals surface area contributed by atoms with Crippen molar-refractivity contribution < 1.29 is 14.3 Å². The van der Waals surface area contributed by atoms with E-state index in [9.17, 15) is 4.79 Å². The van der Waals surface area contributed by atoms with Gasteiger partial charge in [-0.2, -0.15) is 0 Å². The molecule has 0 saturated heterocycles. The van der Waals surface area contributed by atoms with E-state index < -0.39 is 5.97 Å². The van der Waals surface area contributed by atoms with Crippen molar-refractivity contribution >= 4 is 38.7 Å². The number of carboxylic acids is 1. The second-order valence-electron chi connectivity index (χ2n) is 4.37. The first-order chi connectivity index (χ1) is 8.75. The maximum absolute atomic E-state index is 11.0. The molecular weight excluding hydrogens is 228 g/mol. The molecule has 2 bridgehead atoms. The van der Waals surface area contributed by atoms with Gasteiger partial charge in [-0.25, -0.2) is 4.79 Å². The van der Waals surface area contributed by atoms with Crippen molar-refractivity contribution in [2.75, 3.05) is 0 Å². The van der Waals surface area contributed by atoms with Crippen LogP contribution >= 0.6 is 0 Å². The van der Waals surface area contributed by atoms with E-state index in [1.165, 1.54) is 0 Å². The summed E-state index contributed by atoms with van der Waals surface area (Å²) in [5.41, 5.74) is 1.90. The lowest BCUT2D eigenvalue weighted by Gasteiger charge is -1.98. The van der Waals surface area contributed by atoms with E-state index in [-0.39, 0.29) is 5.56 Å². The van der Waals surface area contributed by atoms with Crippen molar-refractivity contribution in [3.05, 3.63) is 48.0 Å². The van der Waals surface area contributed by atoms with Crippen molar-refractivity contribution in [1.29, 1.82) is 0 Å². The Morgan fingerprint density at radius 2 is 1.50 bits per heavy atom. The molecule has 0 saturated carbocycles. The minimum Gasteiger partial charge on any atom is -0.478 e. The van der Waals surface area contributed by atoms with Gasteiger partial charge in [0.1, 0.15) is 11.2 Å². The first kappa shape index (κ1) is 9.48. The normalized spacial score (nSPS) is 11.8. The largest absolute Gasteiger partial charge is 0.478 e. The molecule has 0 radical (unpaired) electrons. The second kappa shape index (κ2) is 3.01. The monoisotopic (exact) mass is 236 g/mol. The fourth-order valence-corrected chi connectivity index (χ4v) is 2.55. The number of furan rings is 2. The average Bonchev–Trinajstić information content (AvgIpc) is 2.95. The summed E-state index contributed by atoms with van der Waals surface area (Å²) in [6, 6.07) is 13.0. The third-order valence-corrected chi connectivity index (χ3v) is 3.38. The number of carbonyl (C=O) groups is 1. The lowest BCUT2D eigenvalue weighted by Crippen LogP contribution is -1.94. The standard InChI is InChI=1S/C15H8O3/c16-15(17)8-5-6-11-12(7-8)14-10-4-2-1-3-9(10)13(11)18-14/h1-7H,(H,16,17). The molecule has 2 aromatic heterocycles. The van der Waals surface area contributed by atoms with Gasteiger partial charge < -0.3 is 9.52 Å². The minimum atomic E-state index is -0.917. The summed E-state index contributed by atoms with van der Waals surface area (Å²) in [7, 11) is 0. The highest BCUT2D eigenvalue weighted by atomic mass is 16.4. The van der Waals surface area contributed by atoms with Crippen LogP contribution in [0, 0.1) is 0 Å². The van der Waals surface area contributed by atoms with Crippen LogP contribution in [0.2, 0.25) is 0 Å². The Bertz CT molecular complexity index is 902. The van der Waals surface area contributed by atoms with E-state index in [1.807, 2.05) is 30.3 Å². The zero-order chi connectivity index (χ0) is 12.3. The van der Waals surface area contributed by atoms with Crippen molar-refractivity contribution in [3.63, 3.8) is 0 Å². The number of benzene rings is 3. The first-order valence-corrected chi connectivity index (χ1v) is 5.65. The van der Waals surface area contributed by atoms with Crippen LogP contribution in [0.3, 0.4) is 0 Å². The summed E-state index contributed by atoms with van der Waals surface area (Å²) in [5, 5.41) is 13.0. The van der Waals surface area contributed by atoms with Gasteiger partial charge in [-0.3, -0.25) is 0 Å². The summed E-state index contributed by atoms with van der Waals surface area (Å²) in [5.74, 6) is -0.917. The van der Waals surface area contributed by atoms with Crippen LogP contribution in [0.5, 0.6) is 0 Å². The molecule has 3 heteroatoms. The Morgan fingerprint density at radius 3 is 2.17 bits per heavy atom. The van der Waals surface area contributed by atoms with Gasteiger partial charge in [0.25, 0.3) is 0 Å². The van der Waals surface area contributed by atoms with Crippen LogP contribution in [0.25, 0.3) is 32.7 Å². The molecule has 0 aliphatic heterocycles. The molecule has 2 aromatic carbocycles. The maximum Gasteiger partial charge on any atom is 0.335 e. The van der Waals surface area contributed by atoms with E-state index in [0.29, 0.717) is 0 Å². The molecule has 0 unspecified atom stereocenters. The molecular formula is C15H8O3. The third-order valence-electron chi connectivity index (χ3n) is 3.38. The molecule has 3 nitrogen and oxygen atoms in total. The lowest BCUT2D eigenvalue weighted by molar-refractivity contribution is 0.0697. The van der Waals surface area contributed by atoms with Gasteiger partial charge in [-0.1, -0.05) is 24.3 Å². The number of hydrogen-bond donors (Lipinski definition) is 1. The Kier molecular flexibility index (Phi) is 1.59. The third kappa shape index (κ3) is 1.01. The molecule has 2 heterocycles. The van der Waals surface area contributed by atoms with E-state index in [0.717, 1.165) is 32.7 Å². The second-order valence-corrected chi connectivity index (χ2v) is 4.37. The van der Waals surface area contributed by atoms with Crippen LogP contribution < -0.4 is 0 Å². The predicted octanol–water partition coefficient (Wildman–Crippen LogP) is 3.88. The van der Waals surface area contributed by atoms with Crippen molar-refractivity contribution in [3.8, 4) is 0 Å². The van der Waals surface area contributed by atoms with Gasteiger partial charge in [-0.05, 0) is 18.2 Å². The molecule has 0 aliphatic rings. The topological polar surface area (TPSA) is 50.4 Å². The summed E-state index contributed by atoms with van der Waals surface area (Å²) in [4.78, 5) is 11.0. The summed E-state index contributed by atoms with van der Waals surface area (Å²) < 4.78 is 5.79. The summed E-state index contributed by atoms with van der Waals surface area (Å²) in [6.45, 7) is 0. The van der Waals surface area contributed by atoms with E-state index in [1.54, 1.807) is 12.1 Å². The van der Waals surface area contributed by atoms with Crippen LogP contribution in [0.1, 0.15) is 10.4 Å². The Labute approximate surface area is 102 Å². The van der Waals surface area contributed by atoms with E-state index >= 15 is 0 Å². The first-order valence-electron chi connectivity index (χ1n) is 5.65. The molecule has 0 atom stereocenters. The van der Waals surface area contributed by atoms with E-state index in [2.05, 4.69) is 0 Å². The number of fused-ring (bicyclic) bond motifs is 8. The zero-order valence-electron chi connectivity index (χ0n) is 9.31. The summed E-state index contributed by atoms with van der Waals surface area (Å²) in [6.07, 6.45) is 0. The zero-order valence-corrected chi connectivity index (χ0v) is 9.31. The average molecular weight is 236 g/mol. The van der Waals surface area contributed by atoms with Crippen LogP contribution in [0.4, 0.5) is 0 Å². The highest BCUT2D eigenvalue weighted by molar-refractivity contribution is 6.25. The Hall–Kier alpha value is -2.55. The molecule has 4 aromatic rings. The van der Waals surface area contributed by atoms with Gasteiger partial charge in [0.2, 0.25) is 0 Å². The number of rotatable bonds is 1. The highest BCUT2D eigenvalue weighted by Crippen LogP contribution is 2.40. The smallest absolute Gasteiger partial charge is 0.335 e. The highest BCUT2D eigenvalue weighted by Gasteiger charge is 2.17. The molecule has 86 valence electrons.